The van der Waals surface area contributed by atoms with Gasteiger partial charge in [-0.1, -0.05) is 12.1 Å². The second-order valence-electron chi connectivity index (χ2n) is 10.1. The van der Waals surface area contributed by atoms with Crippen molar-refractivity contribution in [1.82, 2.24) is 4.90 Å². The fourth-order valence-corrected chi connectivity index (χ4v) is 4.32. The number of hydrogen-bond acceptors (Lipinski definition) is 6. The molecule has 0 aromatic heterocycles. The van der Waals surface area contributed by atoms with Crippen LogP contribution < -0.4 is 14.2 Å². The van der Waals surface area contributed by atoms with Gasteiger partial charge in [0.25, 0.3) is 0 Å². The van der Waals surface area contributed by atoms with E-state index >= 15 is 0 Å². The van der Waals surface area contributed by atoms with Gasteiger partial charge in [-0.05, 0) is 93.8 Å². The van der Waals surface area contributed by atoms with Crippen molar-refractivity contribution in [2.24, 2.45) is 5.92 Å². The van der Waals surface area contributed by atoms with Gasteiger partial charge in [-0.3, -0.25) is 0 Å². The highest BCUT2D eigenvalue weighted by Crippen LogP contribution is 2.34. The monoisotopic (exact) mass is 485 g/mol. The van der Waals surface area contributed by atoms with Crippen LogP contribution in [-0.2, 0) is 4.74 Å². The number of methoxy groups -OCH3 is 2. The largest absolute Gasteiger partial charge is 0.494 e. The van der Waals surface area contributed by atoms with Gasteiger partial charge in [-0.2, -0.15) is 0 Å². The number of likely N-dealkylation sites (tertiary alicyclic amines) is 1. The number of benzene rings is 2. The zero-order valence-electron chi connectivity index (χ0n) is 21.8. The molecule has 0 aliphatic carbocycles. The number of carbonyl (C=O) groups is 1. The molecule has 0 saturated carbocycles. The van der Waals surface area contributed by atoms with Crippen molar-refractivity contribution in [2.75, 3.05) is 33.9 Å². The van der Waals surface area contributed by atoms with Crippen LogP contribution in [0, 0.1) is 12.8 Å². The molecule has 1 aliphatic rings. The smallest absolute Gasteiger partial charge is 0.410 e. The number of rotatable bonds is 8. The molecule has 1 fully saturated rings. The van der Waals surface area contributed by atoms with E-state index in [1.165, 1.54) is 0 Å². The van der Waals surface area contributed by atoms with E-state index in [0.29, 0.717) is 24.0 Å². The molecule has 1 saturated heterocycles. The lowest BCUT2D eigenvalue weighted by Gasteiger charge is -2.33. The Balaban J connectivity index is 1.50. The summed E-state index contributed by atoms with van der Waals surface area (Å²) in [5, 5.41) is 10.9. The molecule has 1 unspecified atom stereocenters. The Bertz CT molecular complexity index is 991. The third-order valence-corrected chi connectivity index (χ3v) is 6.32. The zero-order chi connectivity index (χ0) is 25.6. The molecule has 7 heteroatoms. The van der Waals surface area contributed by atoms with Gasteiger partial charge in [0.2, 0.25) is 0 Å². The summed E-state index contributed by atoms with van der Waals surface area (Å²) in [5.41, 5.74) is 2.04. The summed E-state index contributed by atoms with van der Waals surface area (Å²) in [6.07, 6.45) is 1.85. The zero-order valence-corrected chi connectivity index (χ0v) is 21.8. The highest BCUT2D eigenvalue weighted by atomic mass is 16.6. The van der Waals surface area contributed by atoms with E-state index in [1.807, 2.05) is 52.0 Å². The van der Waals surface area contributed by atoms with Crippen LogP contribution in [0.25, 0.3) is 0 Å². The topological polar surface area (TPSA) is 77.5 Å². The number of aliphatic hydroxyl groups is 1. The SMILES string of the molecule is COc1ccc(C(O)c2ccc(OCCC3CCN(C(=O)OC(C)(C)C)CC3)cc2C)cc1OC. The first-order valence-corrected chi connectivity index (χ1v) is 12.2. The number of amides is 1. The lowest BCUT2D eigenvalue weighted by molar-refractivity contribution is 0.0177. The quantitative estimate of drug-likeness (QED) is 0.531. The van der Waals surface area contributed by atoms with Gasteiger partial charge in [0.1, 0.15) is 17.5 Å². The maximum absolute atomic E-state index is 12.2. The number of piperidine rings is 1. The minimum Gasteiger partial charge on any atom is -0.494 e. The molecule has 35 heavy (non-hydrogen) atoms. The van der Waals surface area contributed by atoms with Crippen LogP contribution in [0.15, 0.2) is 36.4 Å². The summed E-state index contributed by atoms with van der Waals surface area (Å²) in [6, 6.07) is 11.2. The highest BCUT2D eigenvalue weighted by Gasteiger charge is 2.26. The van der Waals surface area contributed by atoms with E-state index in [0.717, 1.165) is 54.8 Å². The van der Waals surface area contributed by atoms with Crippen molar-refractivity contribution in [3.63, 3.8) is 0 Å². The second kappa shape index (κ2) is 11.7. The van der Waals surface area contributed by atoms with Gasteiger partial charge in [0, 0.05) is 13.1 Å². The summed E-state index contributed by atoms with van der Waals surface area (Å²) >= 11 is 0. The minimum absolute atomic E-state index is 0.224. The molecule has 0 bridgehead atoms. The van der Waals surface area contributed by atoms with Crippen LogP contribution in [0.3, 0.4) is 0 Å². The lowest BCUT2D eigenvalue weighted by Crippen LogP contribution is -2.41. The molecule has 1 amide bonds. The average Bonchev–Trinajstić information content (AvgIpc) is 2.82. The minimum atomic E-state index is -0.779. The van der Waals surface area contributed by atoms with Crippen molar-refractivity contribution in [3.05, 3.63) is 53.1 Å². The molecule has 0 radical (unpaired) electrons. The van der Waals surface area contributed by atoms with Crippen molar-refractivity contribution < 1.29 is 28.8 Å². The molecule has 3 rings (SSSR count). The first-order valence-electron chi connectivity index (χ1n) is 12.2. The predicted molar refractivity (Wildman–Crippen MR) is 135 cm³/mol. The predicted octanol–water partition coefficient (Wildman–Crippen LogP) is 5.51. The molecular formula is C28H39NO6. The maximum atomic E-state index is 12.2. The van der Waals surface area contributed by atoms with Crippen LogP contribution >= 0.6 is 0 Å². The highest BCUT2D eigenvalue weighted by molar-refractivity contribution is 5.68. The van der Waals surface area contributed by atoms with Gasteiger partial charge in [-0.15, -0.1) is 0 Å². The molecule has 1 aliphatic heterocycles. The lowest BCUT2D eigenvalue weighted by atomic mass is 9.94. The molecule has 1 atom stereocenters. The van der Waals surface area contributed by atoms with E-state index in [4.69, 9.17) is 18.9 Å². The number of carbonyl (C=O) groups excluding carboxylic acids is 1. The fraction of sp³-hybridized carbons (Fsp3) is 0.536. The molecule has 1 N–H and O–H groups in total. The summed E-state index contributed by atoms with van der Waals surface area (Å²) in [5.74, 6) is 2.52. The van der Waals surface area contributed by atoms with E-state index < -0.39 is 11.7 Å². The van der Waals surface area contributed by atoms with Gasteiger partial charge in [-0.25, -0.2) is 4.79 Å². The van der Waals surface area contributed by atoms with Gasteiger partial charge >= 0.3 is 6.09 Å². The Kier molecular flexibility index (Phi) is 8.89. The third-order valence-electron chi connectivity index (χ3n) is 6.32. The first kappa shape index (κ1) is 26.7. The van der Waals surface area contributed by atoms with E-state index in [9.17, 15) is 9.90 Å². The Morgan fingerprint density at radius 3 is 2.34 bits per heavy atom. The summed E-state index contributed by atoms with van der Waals surface area (Å²) in [4.78, 5) is 14.0. The van der Waals surface area contributed by atoms with E-state index in [2.05, 4.69) is 0 Å². The average molecular weight is 486 g/mol. The maximum Gasteiger partial charge on any atom is 0.410 e. The van der Waals surface area contributed by atoms with Gasteiger partial charge < -0.3 is 29.0 Å². The molecule has 0 spiro atoms. The molecule has 192 valence electrons. The van der Waals surface area contributed by atoms with Gasteiger partial charge in [0.05, 0.1) is 20.8 Å². The third kappa shape index (κ3) is 7.28. The summed E-state index contributed by atoms with van der Waals surface area (Å²) in [7, 11) is 3.17. The first-order chi connectivity index (χ1) is 16.6. The van der Waals surface area contributed by atoms with Crippen LogP contribution in [0.5, 0.6) is 17.2 Å². The van der Waals surface area contributed by atoms with Crippen molar-refractivity contribution in [2.45, 2.75) is 58.7 Å². The van der Waals surface area contributed by atoms with Crippen molar-refractivity contribution in [1.29, 1.82) is 0 Å². The van der Waals surface area contributed by atoms with E-state index in [-0.39, 0.29) is 6.09 Å². The number of ether oxygens (including phenoxy) is 4. The normalized spacial score (nSPS) is 15.5. The fourth-order valence-electron chi connectivity index (χ4n) is 4.32. The standard InChI is InChI=1S/C28H39NO6/c1-19-17-22(8-9-23(19)26(30)21-7-10-24(32-5)25(18-21)33-6)34-16-13-20-11-14-29(15-12-20)27(31)35-28(2,3)4/h7-10,17-18,20,26,30H,11-16H2,1-6H3. The van der Waals surface area contributed by atoms with Crippen LogP contribution in [-0.4, -0.2) is 55.6 Å². The number of nitrogens with zero attached hydrogens (tertiary/aromatic N) is 1. The summed E-state index contributed by atoms with van der Waals surface area (Å²) in [6.45, 7) is 9.70. The molecule has 2 aromatic rings. The van der Waals surface area contributed by atoms with Crippen LogP contribution in [0.2, 0.25) is 0 Å². The van der Waals surface area contributed by atoms with Crippen LogP contribution in [0.4, 0.5) is 4.79 Å². The van der Waals surface area contributed by atoms with Crippen LogP contribution in [0.1, 0.15) is 62.8 Å². The Morgan fingerprint density at radius 1 is 1.06 bits per heavy atom. The van der Waals surface area contributed by atoms with Crippen molar-refractivity contribution >= 4 is 6.09 Å². The summed E-state index contributed by atoms with van der Waals surface area (Å²) < 4.78 is 22.1. The molecule has 7 nitrogen and oxygen atoms in total. The Labute approximate surface area is 208 Å². The Hall–Kier alpha value is -2.93. The number of aryl methyl sites for hydroxylation is 1. The molecule has 2 aromatic carbocycles. The number of aliphatic hydroxyl groups excluding tert-OH is 1. The Morgan fingerprint density at radius 2 is 1.74 bits per heavy atom. The second-order valence-corrected chi connectivity index (χ2v) is 10.1. The van der Waals surface area contributed by atoms with E-state index in [1.54, 1.807) is 31.3 Å². The van der Waals surface area contributed by atoms with Crippen molar-refractivity contribution in [3.8, 4) is 17.2 Å². The molecule has 1 heterocycles. The molecular weight excluding hydrogens is 446 g/mol. The van der Waals surface area contributed by atoms with Gasteiger partial charge in [0.15, 0.2) is 11.5 Å². The number of hydrogen-bond donors (Lipinski definition) is 1.